The van der Waals surface area contributed by atoms with Crippen LogP contribution in [0.4, 0.5) is 22.7 Å². The number of amides is 2. The molecule has 246 valence electrons. The Morgan fingerprint density at radius 2 is 0.938 bits per heavy atom. The Bertz CT molecular complexity index is 1830. The summed E-state index contributed by atoms with van der Waals surface area (Å²) < 4.78 is 0. The number of aryl methyl sites for hydroxylation is 4. The minimum absolute atomic E-state index is 0.229. The highest BCUT2D eigenvalue weighted by atomic mass is 35.5. The molecule has 0 saturated heterocycles. The lowest BCUT2D eigenvalue weighted by Gasteiger charge is -2.12. The number of halogens is 2. The maximum atomic E-state index is 12.9. The molecule has 0 spiro atoms. The lowest BCUT2D eigenvalue weighted by atomic mass is 10.0. The lowest BCUT2D eigenvalue weighted by Crippen LogP contribution is -2.32. The molecule has 2 atom stereocenters. The molecule has 2 unspecified atom stereocenters. The SMILES string of the molecule is CC(=O)C(N=Nc1ccc(-c2ccc(N=NC(C(C)=O)C(=O)Nc3cc(C)ccc3C)c(Cl)c2)cc1Cl)C(=O)Nc1cc(C)ccc1C. The third kappa shape index (κ3) is 9.05. The van der Waals surface area contributed by atoms with Gasteiger partial charge in [0.15, 0.2) is 11.6 Å². The van der Waals surface area contributed by atoms with Crippen molar-refractivity contribution >= 4 is 69.3 Å². The largest absolute Gasteiger partial charge is 0.324 e. The van der Waals surface area contributed by atoms with E-state index in [1.54, 1.807) is 36.4 Å². The number of ketones is 2. The molecule has 4 aromatic carbocycles. The van der Waals surface area contributed by atoms with Gasteiger partial charge in [0.2, 0.25) is 12.1 Å². The predicted molar refractivity (Wildman–Crippen MR) is 189 cm³/mol. The number of carbonyl (C=O) groups excluding carboxylic acids is 4. The Labute approximate surface area is 288 Å². The molecule has 2 amide bonds. The maximum Gasteiger partial charge on any atom is 0.258 e. The Morgan fingerprint density at radius 1 is 0.562 bits per heavy atom. The summed E-state index contributed by atoms with van der Waals surface area (Å²) in [6, 6.07) is 18.5. The van der Waals surface area contributed by atoms with Gasteiger partial charge in [0.25, 0.3) is 11.8 Å². The van der Waals surface area contributed by atoms with Gasteiger partial charge in [-0.05, 0) is 111 Å². The van der Waals surface area contributed by atoms with Crippen molar-refractivity contribution in [2.45, 2.75) is 53.6 Å². The van der Waals surface area contributed by atoms with Crippen LogP contribution < -0.4 is 10.6 Å². The summed E-state index contributed by atoms with van der Waals surface area (Å²) in [5.74, 6) is -2.15. The van der Waals surface area contributed by atoms with Gasteiger partial charge in [-0.25, -0.2) is 0 Å². The molecule has 12 heteroatoms. The molecule has 0 aliphatic rings. The van der Waals surface area contributed by atoms with Crippen LogP contribution in [0.5, 0.6) is 0 Å². The number of benzene rings is 4. The number of nitrogens with one attached hydrogen (secondary N) is 2. The molecule has 0 fully saturated rings. The number of anilines is 2. The molecule has 0 aromatic heterocycles. The molecule has 0 saturated carbocycles. The van der Waals surface area contributed by atoms with Crippen molar-refractivity contribution in [3.63, 3.8) is 0 Å². The summed E-state index contributed by atoms with van der Waals surface area (Å²) in [4.78, 5) is 50.3. The molecule has 0 radical (unpaired) electrons. The quantitative estimate of drug-likeness (QED) is 0.120. The number of nitrogens with zero attached hydrogens (tertiary/aromatic N) is 4. The summed E-state index contributed by atoms with van der Waals surface area (Å²) in [7, 11) is 0. The van der Waals surface area contributed by atoms with Crippen molar-refractivity contribution in [2.24, 2.45) is 20.5 Å². The third-order valence-electron chi connectivity index (χ3n) is 7.36. The Hall–Kier alpha value is -5.06. The van der Waals surface area contributed by atoms with Gasteiger partial charge in [-0.3, -0.25) is 19.2 Å². The third-order valence-corrected chi connectivity index (χ3v) is 7.96. The first-order valence-electron chi connectivity index (χ1n) is 14.9. The van der Waals surface area contributed by atoms with Crippen LogP contribution in [0.15, 0.2) is 93.3 Å². The number of azo groups is 2. The van der Waals surface area contributed by atoms with E-state index in [1.807, 2.05) is 64.1 Å². The second-order valence-electron chi connectivity index (χ2n) is 11.4. The molecule has 10 nitrogen and oxygen atoms in total. The number of rotatable bonds is 11. The van der Waals surface area contributed by atoms with E-state index >= 15 is 0 Å². The highest BCUT2D eigenvalue weighted by Gasteiger charge is 2.25. The van der Waals surface area contributed by atoms with Gasteiger partial charge < -0.3 is 10.6 Å². The van der Waals surface area contributed by atoms with E-state index in [-0.39, 0.29) is 21.4 Å². The van der Waals surface area contributed by atoms with Crippen LogP contribution in [0.25, 0.3) is 11.1 Å². The summed E-state index contributed by atoms with van der Waals surface area (Å²) in [5, 5.41) is 22.2. The minimum Gasteiger partial charge on any atom is -0.324 e. The zero-order valence-electron chi connectivity index (χ0n) is 27.3. The maximum absolute atomic E-state index is 12.9. The number of hydrogen-bond donors (Lipinski definition) is 2. The molecule has 0 aliphatic heterocycles. The Morgan fingerprint density at radius 3 is 1.27 bits per heavy atom. The van der Waals surface area contributed by atoms with Gasteiger partial charge in [-0.1, -0.05) is 59.6 Å². The van der Waals surface area contributed by atoms with Crippen LogP contribution in [0.3, 0.4) is 0 Å². The highest BCUT2D eigenvalue weighted by Crippen LogP contribution is 2.35. The van der Waals surface area contributed by atoms with Crippen molar-refractivity contribution < 1.29 is 19.2 Å². The highest BCUT2D eigenvalue weighted by molar-refractivity contribution is 6.34. The molecule has 48 heavy (non-hydrogen) atoms. The smallest absolute Gasteiger partial charge is 0.258 e. The van der Waals surface area contributed by atoms with Gasteiger partial charge in [0.1, 0.15) is 11.4 Å². The molecule has 4 rings (SSSR count). The monoisotopic (exact) mass is 684 g/mol. The molecule has 0 aliphatic carbocycles. The van der Waals surface area contributed by atoms with Crippen molar-refractivity contribution in [3.05, 3.63) is 105 Å². The normalized spacial score (nSPS) is 12.6. The van der Waals surface area contributed by atoms with Crippen molar-refractivity contribution in [1.82, 2.24) is 0 Å². The molecule has 0 heterocycles. The average molecular weight is 686 g/mol. The van der Waals surface area contributed by atoms with Crippen LogP contribution in [0.2, 0.25) is 10.0 Å². The van der Waals surface area contributed by atoms with Gasteiger partial charge in [0, 0.05) is 11.4 Å². The van der Waals surface area contributed by atoms with Gasteiger partial charge in [-0.2, -0.15) is 20.5 Å². The molecule has 2 N–H and O–H groups in total. The molecule has 4 aromatic rings. The van der Waals surface area contributed by atoms with Crippen LogP contribution in [-0.2, 0) is 19.2 Å². The lowest BCUT2D eigenvalue weighted by molar-refractivity contribution is -0.127. The standard InChI is InChI=1S/C36H34Cl2N6O4/c1-19-7-9-21(3)31(15-19)39-35(47)33(23(5)45)43-41-29-13-11-25(17-27(29)37)26-12-14-30(28(38)18-26)42-44-34(24(6)46)36(48)40-32-16-20(2)8-10-22(32)4/h7-18,33-34H,1-6H3,(H,39,47)(H,40,48). The molecular formula is C36H34Cl2N6O4. The summed E-state index contributed by atoms with van der Waals surface area (Å²) >= 11 is 13.0. The molecule has 0 bridgehead atoms. The summed E-state index contributed by atoms with van der Waals surface area (Å²) in [6.45, 7) is 10.0. The summed E-state index contributed by atoms with van der Waals surface area (Å²) in [5.41, 5.74) is 6.69. The predicted octanol–water partition coefficient (Wildman–Crippen LogP) is 9.25. The van der Waals surface area contributed by atoms with E-state index in [0.717, 1.165) is 22.3 Å². The van der Waals surface area contributed by atoms with Gasteiger partial charge in [-0.15, -0.1) is 0 Å². The number of Topliss-reactive ketones (excluding diaryl/α,β-unsaturated/α-hetero) is 2. The van der Waals surface area contributed by atoms with Gasteiger partial charge in [0.05, 0.1) is 10.0 Å². The number of carbonyl (C=O) groups is 4. The van der Waals surface area contributed by atoms with E-state index in [9.17, 15) is 19.2 Å². The Kier molecular flexibility index (Phi) is 11.7. The van der Waals surface area contributed by atoms with E-state index in [0.29, 0.717) is 22.5 Å². The van der Waals surface area contributed by atoms with Crippen LogP contribution in [0, 0.1) is 27.7 Å². The fraction of sp³-hybridized carbons (Fsp3) is 0.222. The van der Waals surface area contributed by atoms with Crippen LogP contribution >= 0.6 is 23.2 Å². The summed E-state index contributed by atoms with van der Waals surface area (Å²) in [6.07, 6.45) is 0. The second-order valence-corrected chi connectivity index (χ2v) is 12.2. The first-order chi connectivity index (χ1) is 22.7. The van der Waals surface area contributed by atoms with E-state index < -0.39 is 35.5 Å². The molecular weight excluding hydrogens is 651 g/mol. The van der Waals surface area contributed by atoms with E-state index in [1.165, 1.54) is 13.8 Å². The first-order valence-corrected chi connectivity index (χ1v) is 15.7. The Balaban J connectivity index is 1.48. The van der Waals surface area contributed by atoms with Crippen molar-refractivity contribution in [3.8, 4) is 11.1 Å². The van der Waals surface area contributed by atoms with Crippen LogP contribution in [0.1, 0.15) is 36.1 Å². The zero-order valence-corrected chi connectivity index (χ0v) is 28.8. The second kappa shape index (κ2) is 15.7. The van der Waals surface area contributed by atoms with E-state index in [2.05, 4.69) is 31.1 Å². The minimum atomic E-state index is -1.36. The fourth-order valence-electron chi connectivity index (χ4n) is 4.55. The van der Waals surface area contributed by atoms with E-state index in [4.69, 9.17) is 23.2 Å². The fourth-order valence-corrected chi connectivity index (χ4v) is 4.99. The zero-order chi connectivity index (χ0) is 35.1. The van der Waals surface area contributed by atoms with Crippen molar-refractivity contribution in [2.75, 3.05) is 10.6 Å². The van der Waals surface area contributed by atoms with Gasteiger partial charge >= 0.3 is 0 Å². The van der Waals surface area contributed by atoms with Crippen molar-refractivity contribution in [1.29, 1.82) is 0 Å². The average Bonchev–Trinajstić information content (AvgIpc) is 3.02. The number of hydrogen-bond acceptors (Lipinski definition) is 8. The first kappa shape index (κ1) is 35.8. The van der Waals surface area contributed by atoms with Crippen LogP contribution in [-0.4, -0.2) is 35.5 Å². The topological polar surface area (TPSA) is 142 Å².